The van der Waals surface area contributed by atoms with Gasteiger partial charge in [-0.25, -0.2) is 4.98 Å². The molecule has 0 aromatic carbocycles. The number of thioether (sulfide) groups is 1. The summed E-state index contributed by atoms with van der Waals surface area (Å²) in [6.45, 7) is 5.66. The van der Waals surface area contributed by atoms with E-state index in [0.29, 0.717) is 10.8 Å². The largest absolute Gasteiger partial charge is 0.370 e. The van der Waals surface area contributed by atoms with Gasteiger partial charge in [0.2, 0.25) is 0 Å². The van der Waals surface area contributed by atoms with E-state index in [1.807, 2.05) is 30.8 Å². The summed E-state index contributed by atoms with van der Waals surface area (Å²) >= 11 is 1.96. The molecule has 5 heteroatoms. The van der Waals surface area contributed by atoms with Gasteiger partial charge in [-0.15, -0.1) is 0 Å². The number of hydrogen-bond acceptors (Lipinski definition) is 4. The highest BCUT2D eigenvalue weighted by molar-refractivity contribution is 8.00. The first-order chi connectivity index (χ1) is 9.69. The van der Waals surface area contributed by atoms with E-state index in [4.69, 9.17) is 0 Å². The van der Waals surface area contributed by atoms with E-state index in [9.17, 15) is 4.79 Å². The molecule has 1 aliphatic heterocycles. The summed E-state index contributed by atoms with van der Waals surface area (Å²) in [6, 6.07) is 3.67. The van der Waals surface area contributed by atoms with Gasteiger partial charge in [-0.3, -0.25) is 4.79 Å². The summed E-state index contributed by atoms with van der Waals surface area (Å²) in [6.07, 6.45) is 3.52. The van der Waals surface area contributed by atoms with E-state index in [0.717, 1.165) is 31.0 Å². The average molecular weight is 293 g/mol. The van der Waals surface area contributed by atoms with E-state index in [2.05, 4.69) is 22.5 Å². The Morgan fingerprint density at radius 1 is 1.50 bits per heavy atom. The summed E-state index contributed by atoms with van der Waals surface area (Å²) in [5.41, 5.74) is 1.56. The normalized spacial score (nSPS) is 18.0. The molecule has 1 saturated heterocycles. The number of hydrogen-bond donors (Lipinski definition) is 2. The lowest BCUT2D eigenvalue weighted by molar-refractivity contribution is 0.0953. The molecule has 4 nitrogen and oxygen atoms in total. The van der Waals surface area contributed by atoms with Crippen LogP contribution in [0.1, 0.15) is 42.2 Å². The Hall–Kier alpha value is -1.23. The van der Waals surface area contributed by atoms with Gasteiger partial charge in [-0.2, -0.15) is 11.8 Å². The molecule has 2 N–H and O–H groups in total. The number of pyridine rings is 1. The summed E-state index contributed by atoms with van der Waals surface area (Å²) in [7, 11) is 0. The maximum atomic E-state index is 12.2. The van der Waals surface area contributed by atoms with Crippen molar-refractivity contribution in [3.63, 3.8) is 0 Å². The molecule has 2 heterocycles. The molecule has 1 fully saturated rings. The number of aromatic nitrogens is 1. The number of nitrogens with zero attached hydrogens (tertiary/aromatic N) is 1. The fourth-order valence-electron chi connectivity index (χ4n) is 2.26. The van der Waals surface area contributed by atoms with Crippen molar-refractivity contribution in [3.8, 4) is 0 Å². The SMILES string of the molecule is CCCNc1cc(C(=O)NCC2CCCS2)cc(C)n1. The Kier molecular flexibility index (Phi) is 5.71. The quantitative estimate of drug-likeness (QED) is 0.847. The van der Waals surface area contributed by atoms with Crippen LogP contribution in [0.15, 0.2) is 12.1 Å². The molecule has 0 bridgehead atoms. The summed E-state index contributed by atoms with van der Waals surface area (Å²) in [5, 5.41) is 6.85. The molecule has 20 heavy (non-hydrogen) atoms. The molecule has 2 rings (SSSR count). The third-order valence-electron chi connectivity index (χ3n) is 3.29. The lowest BCUT2D eigenvalue weighted by atomic mass is 10.2. The van der Waals surface area contributed by atoms with Crippen LogP contribution in [0, 0.1) is 6.92 Å². The number of carbonyl (C=O) groups excluding carboxylic acids is 1. The molecule has 0 saturated carbocycles. The van der Waals surface area contributed by atoms with Crippen LogP contribution < -0.4 is 10.6 Å². The van der Waals surface area contributed by atoms with Crippen molar-refractivity contribution >= 4 is 23.5 Å². The summed E-state index contributed by atoms with van der Waals surface area (Å²) in [4.78, 5) is 16.6. The molecule has 1 unspecified atom stereocenters. The zero-order valence-electron chi connectivity index (χ0n) is 12.2. The first kappa shape index (κ1) is 15.2. The Morgan fingerprint density at radius 3 is 3.05 bits per heavy atom. The van der Waals surface area contributed by atoms with Gasteiger partial charge < -0.3 is 10.6 Å². The predicted octanol–water partition coefficient (Wildman–Crippen LogP) is 2.84. The molecule has 1 aliphatic rings. The van der Waals surface area contributed by atoms with Gasteiger partial charge in [0.15, 0.2) is 0 Å². The Bertz CT molecular complexity index is 458. The van der Waals surface area contributed by atoms with Crippen LogP contribution in [0.3, 0.4) is 0 Å². The van der Waals surface area contributed by atoms with Crippen LogP contribution in [0.5, 0.6) is 0 Å². The molecular formula is C15H23N3OS. The van der Waals surface area contributed by atoms with E-state index < -0.39 is 0 Å². The maximum absolute atomic E-state index is 12.2. The van der Waals surface area contributed by atoms with Crippen molar-refractivity contribution < 1.29 is 4.79 Å². The first-order valence-corrected chi connectivity index (χ1v) is 8.36. The number of anilines is 1. The highest BCUT2D eigenvalue weighted by Gasteiger charge is 2.17. The molecule has 1 aromatic heterocycles. The molecule has 1 atom stereocenters. The number of amides is 1. The van der Waals surface area contributed by atoms with Crippen molar-refractivity contribution in [2.24, 2.45) is 0 Å². The van der Waals surface area contributed by atoms with Gasteiger partial charge in [-0.05, 0) is 44.1 Å². The summed E-state index contributed by atoms with van der Waals surface area (Å²) < 4.78 is 0. The predicted molar refractivity (Wildman–Crippen MR) is 85.6 cm³/mol. The number of rotatable bonds is 6. The lowest BCUT2D eigenvalue weighted by Gasteiger charge is -2.12. The fraction of sp³-hybridized carbons (Fsp3) is 0.600. The van der Waals surface area contributed by atoms with Crippen molar-refractivity contribution in [2.75, 3.05) is 24.2 Å². The molecule has 110 valence electrons. The molecule has 0 spiro atoms. The van der Waals surface area contributed by atoms with Gasteiger partial charge in [0.05, 0.1) is 0 Å². The van der Waals surface area contributed by atoms with E-state index in [1.54, 1.807) is 0 Å². The zero-order chi connectivity index (χ0) is 14.4. The minimum absolute atomic E-state index is 0.00236. The number of nitrogens with one attached hydrogen (secondary N) is 2. The third-order valence-corrected chi connectivity index (χ3v) is 4.68. The monoisotopic (exact) mass is 293 g/mol. The standard InChI is InChI=1S/C15H23N3OS/c1-3-6-16-14-9-12(8-11(2)18-14)15(19)17-10-13-5-4-7-20-13/h8-9,13H,3-7,10H2,1-2H3,(H,16,18)(H,17,19). The first-order valence-electron chi connectivity index (χ1n) is 7.31. The van der Waals surface area contributed by atoms with Gasteiger partial charge in [0, 0.05) is 29.6 Å². The van der Waals surface area contributed by atoms with Crippen LogP contribution in [-0.4, -0.2) is 35.0 Å². The van der Waals surface area contributed by atoms with Crippen molar-refractivity contribution in [3.05, 3.63) is 23.4 Å². The van der Waals surface area contributed by atoms with Gasteiger partial charge in [-0.1, -0.05) is 6.92 Å². The van der Waals surface area contributed by atoms with Gasteiger partial charge in [0.1, 0.15) is 5.82 Å². The number of carbonyl (C=O) groups is 1. The number of aryl methyl sites for hydroxylation is 1. The molecule has 1 aromatic rings. The van der Waals surface area contributed by atoms with Gasteiger partial charge in [0.25, 0.3) is 5.91 Å². The summed E-state index contributed by atoms with van der Waals surface area (Å²) in [5.74, 6) is 2.01. The maximum Gasteiger partial charge on any atom is 0.251 e. The smallest absolute Gasteiger partial charge is 0.251 e. The minimum Gasteiger partial charge on any atom is -0.370 e. The molecule has 0 radical (unpaired) electrons. The van der Waals surface area contributed by atoms with Crippen LogP contribution in [0.4, 0.5) is 5.82 Å². The highest BCUT2D eigenvalue weighted by Crippen LogP contribution is 2.25. The van der Waals surface area contributed by atoms with E-state index in [-0.39, 0.29) is 5.91 Å². The van der Waals surface area contributed by atoms with Crippen molar-refractivity contribution in [1.29, 1.82) is 0 Å². The van der Waals surface area contributed by atoms with Crippen molar-refractivity contribution in [2.45, 2.75) is 38.4 Å². The average Bonchev–Trinajstić information content (AvgIpc) is 2.95. The van der Waals surface area contributed by atoms with Crippen LogP contribution in [-0.2, 0) is 0 Å². The highest BCUT2D eigenvalue weighted by atomic mass is 32.2. The minimum atomic E-state index is 0.00236. The van der Waals surface area contributed by atoms with E-state index in [1.165, 1.54) is 18.6 Å². The Morgan fingerprint density at radius 2 is 2.35 bits per heavy atom. The molecular weight excluding hydrogens is 270 g/mol. The van der Waals surface area contributed by atoms with Crippen molar-refractivity contribution in [1.82, 2.24) is 10.3 Å². The lowest BCUT2D eigenvalue weighted by Crippen LogP contribution is -2.29. The van der Waals surface area contributed by atoms with Crippen LogP contribution >= 0.6 is 11.8 Å². The Labute approximate surface area is 125 Å². The van der Waals surface area contributed by atoms with Crippen LogP contribution in [0.2, 0.25) is 0 Å². The second-order valence-corrected chi connectivity index (χ2v) is 6.56. The topological polar surface area (TPSA) is 54.0 Å². The van der Waals surface area contributed by atoms with Gasteiger partial charge >= 0.3 is 0 Å². The second-order valence-electron chi connectivity index (χ2n) is 5.15. The second kappa shape index (κ2) is 7.53. The fourth-order valence-corrected chi connectivity index (χ4v) is 3.46. The Balaban J connectivity index is 1.95. The zero-order valence-corrected chi connectivity index (χ0v) is 13.1. The van der Waals surface area contributed by atoms with E-state index >= 15 is 0 Å². The third kappa shape index (κ3) is 4.40. The molecule has 1 amide bonds. The molecule has 0 aliphatic carbocycles. The van der Waals surface area contributed by atoms with Crippen LogP contribution in [0.25, 0.3) is 0 Å².